The Bertz CT molecular complexity index is 194. The average molecular weight is 106 g/mol. The third-order valence-corrected chi connectivity index (χ3v) is 0.589. The highest BCUT2D eigenvalue weighted by Gasteiger charge is 2.12. The summed E-state index contributed by atoms with van der Waals surface area (Å²) in [6.07, 6.45) is -1.20. The van der Waals surface area contributed by atoms with Crippen molar-refractivity contribution in [3.8, 4) is 0 Å². The number of hydrogen-bond donors (Lipinski definition) is 0. The summed E-state index contributed by atoms with van der Waals surface area (Å²) in [6.45, 7) is -5.03. The van der Waals surface area contributed by atoms with E-state index in [9.17, 15) is 0 Å². The largest absolute Gasteiger partial charge is 0.453 e. The lowest BCUT2D eigenvalue weighted by molar-refractivity contribution is 0.138. The monoisotopic (exact) mass is 106 g/mol. The van der Waals surface area contributed by atoms with Crippen molar-refractivity contribution in [1.82, 2.24) is 0 Å². The summed E-state index contributed by atoms with van der Waals surface area (Å²) < 4.78 is 51.5. The highest BCUT2D eigenvalue weighted by Crippen LogP contribution is 1.98. The van der Waals surface area contributed by atoms with E-state index in [0.29, 0.717) is 0 Å². The van der Waals surface area contributed by atoms with Crippen LogP contribution in [0.1, 0.15) is 14.6 Å². The zero-order valence-corrected chi connectivity index (χ0v) is 3.68. The molecule has 0 saturated carbocycles. The van der Waals surface area contributed by atoms with Gasteiger partial charge in [0.25, 0.3) is 0 Å². The standard InChI is InChI=1S/C4H9BO2/c1-5-6-3-2-4-7-5/h2-4H2,1H3/i1D3,2D,3D2. The first-order chi connectivity index (χ1) is 5.73. The first-order valence-electron chi connectivity index (χ1n) is 5.03. The minimum atomic E-state index is -2.51. The van der Waals surface area contributed by atoms with Gasteiger partial charge in [-0.2, -0.15) is 0 Å². The fourth-order valence-corrected chi connectivity index (χ4v) is 0.313. The van der Waals surface area contributed by atoms with Crippen molar-refractivity contribution in [1.29, 1.82) is 0 Å². The van der Waals surface area contributed by atoms with Gasteiger partial charge >= 0.3 is 7.12 Å². The molecular weight excluding hydrogens is 90.9 g/mol. The molecule has 1 saturated heterocycles. The summed E-state index contributed by atoms with van der Waals surface area (Å²) in [5.41, 5.74) is 0. The zero-order chi connectivity index (χ0) is 10.3. The molecule has 0 amide bonds. The number of rotatable bonds is 0. The Labute approximate surface area is 52.4 Å². The van der Waals surface area contributed by atoms with Gasteiger partial charge in [-0.1, -0.05) is 0 Å². The lowest BCUT2D eigenvalue weighted by atomic mass is 9.94. The molecule has 0 aromatic rings. The predicted octanol–water partition coefficient (Wildman–Crippen LogP) is 0.541. The molecule has 1 heterocycles. The van der Waals surface area contributed by atoms with Gasteiger partial charge in [-0.05, 0) is 13.1 Å². The van der Waals surface area contributed by atoms with Crippen LogP contribution in [-0.2, 0) is 9.31 Å². The van der Waals surface area contributed by atoms with Crippen molar-refractivity contribution < 1.29 is 17.5 Å². The molecule has 0 bridgehead atoms. The smallest absolute Gasteiger partial charge is 0.411 e. The van der Waals surface area contributed by atoms with Crippen LogP contribution in [0.15, 0.2) is 0 Å². The summed E-state index contributed by atoms with van der Waals surface area (Å²) in [4.78, 5) is 0. The topological polar surface area (TPSA) is 18.5 Å². The summed E-state index contributed by atoms with van der Waals surface area (Å²) in [6, 6.07) is 0. The van der Waals surface area contributed by atoms with Gasteiger partial charge in [-0.25, -0.2) is 0 Å². The maximum Gasteiger partial charge on any atom is 0.453 e. The minimum Gasteiger partial charge on any atom is -0.411 e. The number of hydrogen-bond acceptors (Lipinski definition) is 2. The normalized spacial score (nSPS) is 54.9. The summed E-state index contributed by atoms with van der Waals surface area (Å²) in [5.74, 6) is 0. The van der Waals surface area contributed by atoms with E-state index in [1.165, 1.54) is 0 Å². The first-order valence-corrected chi connectivity index (χ1v) is 1.95. The Balaban J connectivity index is 2.66. The second kappa shape index (κ2) is 2.33. The fourth-order valence-electron chi connectivity index (χ4n) is 0.313. The van der Waals surface area contributed by atoms with Gasteiger partial charge in [0, 0.05) is 18.6 Å². The lowest BCUT2D eigenvalue weighted by Gasteiger charge is -2.15. The quantitative estimate of drug-likeness (QED) is 0.419. The van der Waals surface area contributed by atoms with Gasteiger partial charge < -0.3 is 9.31 Å². The Morgan fingerprint density at radius 2 is 2.86 bits per heavy atom. The Kier molecular flexibility index (Phi) is 0.494. The molecule has 40 valence electrons. The average Bonchev–Trinajstić information content (AvgIpc) is 1.92. The van der Waals surface area contributed by atoms with E-state index in [1.54, 1.807) is 0 Å². The Morgan fingerprint density at radius 3 is 3.57 bits per heavy atom. The molecular formula is C4H9BO2. The molecule has 7 heavy (non-hydrogen) atoms. The van der Waals surface area contributed by atoms with E-state index < -0.39 is 26.8 Å². The van der Waals surface area contributed by atoms with E-state index in [-0.39, 0.29) is 6.61 Å². The molecule has 1 atom stereocenters. The predicted molar refractivity (Wildman–Crippen MR) is 28.1 cm³/mol. The van der Waals surface area contributed by atoms with Crippen molar-refractivity contribution in [2.24, 2.45) is 0 Å². The van der Waals surface area contributed by atoms with Crippen LogP contribution in [0.4, 0.5) is 0 Å². The molecule has 1 fully saturated rings. The molecule has 0 aromatic heterocycles. The van der Waals surface area contributed by atoms with E-state index >= 15 is 0 Å². The van der Waals surface area contributed by atoms with Gasteiger partial charge in [0.2, 0.25) is 0 Å². The highest BCUT2D eigenvalue weighted by molar-refractivity contribution is 6.42. The van der Waals surface area contributed by atoms with Crippen LogP contribution in [0.3, 0.4) is 0 Å². The third-order valence-electron chi connectivity index (χ3n) is 0.589. The van der Waals surface area contributed by atoms with E-state index in [4.69, 9.17) is 8.22 Å². The molecule has 0 radical (unpaired) electrons. The van der Waals surface area contributed by atoms with Crippen LogP contribution >= 0.6 is 0 Å². The molecule has 0 aliphatic carbocycles. The van der Waals surface area contributed by atoms with Gasteiger partial charge in [-0.3, -0.25) is 0 Å². The maximum atomic E-state index is 7.17. The first kappa shape index (κ1) is 1.48. The summed E-state index contributed by atoms with van der Waals surface area (Å²) in [5, 5.41) is 0. The van der Waals surface area contributed by atoms with Crippen LogP contribution in [0, 0.1) is 0 Å². The molecule has 0 aromatic carbocycles. The van der Waals surface area contributed by atoms with Crippen molar-refractivity contribution in [3.63, 3.8) is 0 Å². The third kappa shape index (κ3) is 1.49. The van der Waals surface area contributed by atoms with Crippen LogP contribution in [0.2, 0.25) is 6.75 Å². The second-order valence-corrected chi connectivity index (χ2v) is 1.11. The van der Waals surface area contributed by atoms with Gasteiger partial charge in [-0.15, -0.1) is 0 Å². The van der Waals surface area contributed by atoms with Gasteiger partial charge in [0.1, 0.15) is 0 Å². The molecule has 1 rings (SSSR count). The maximum absolute atomic E-state index is 7.17. The van der Waals surface area contributed by atoms with Crippen LogP contribution in [0.25, 0.3) is 0 Å². The molecule has 0 N–H and O–H groups in total. The summed E-state index contributed by atoms with van der Waals surface area (Å²) >= 11 is 0. The van der Waals surface area contributed by atoms with Crippen molar-refractivity contribution >= 4 is 7.12 Å². The SMILES string of the molecule is [2H]C1COB(C([2H])([2H])[2H])OC1([2H])[2H]. The van der Waals surface area contributed by atoms with Gasteiger partial charge in [0.05, 0.1) is 2.74 Å². The van der Waals surface area contributed by atoms with Crippen LogP contribution in [-0.4, -0.2) is 20.3 Å². The highest BCUT2D eigenvalue weighted by atomic mass is 16.6. The van der Waals surface area contributed by atoms with Crippen molar-refractivity contribution in [2.45, 2.75) is 13.1 Å². The van der Waals surface area contributed by atoms with E-state index in [0.717, 1.165) is 0 Å². The molecule has 1 aliphatic rings. The fraction of sp³-hybridized carbons (Fsp3) is 1.00. The molecule has 1 unspecified atom stereocenters. The lowest BCUT2D eigenvalue weighted by Crippen LogP contribution is -2.25. The van der Waals surface area contributed by atoms with Gasteiger partial charge in [0.15, 0.2) is 0 Å². The zero-order valence-electron chi connectivity index (χ0n) is 9.68. The van der Waals surface area contributed by atoms with Crippen LogP contribution in [0.5, 0.6) is 0 Å². The molecule has 3 heteroatoms. The molecule has 2 nitrogen and oxygen atoms in total. The van der Waals surface area contributed by atoms with Crippen molar-refractivity contribution in [3.05, 3.63) is 0 Å². The minimum absolute atomic E-state index is 0.268. The van der Waals surface area contributed by atoms with E-state index in [2.05, 4.69) is 9.31 Å². The Morgan fingerprint density at radius 1 is 1.86 bits per heavy atom. The van der Waals surface area contributed by atoms with Crippen LogP contribution < -0.4 is 0 Å². The summed E-state index contributed by atoms with van der Waals surface area (Å²) in [7, 11) is -1.57. The van der Waals surface area contributed by atoms with E-state index in [1.807, 2.05) is 0 Å². The molecule has 1 aliphatic heterocycles. The van der Waals surface area contributed by atoms with Crippen molar-refractivity contribution in [2.75, 3.05) is 13.2 Å². The molecule has 0 spiro atoms. The Hall–Kier alpha value is -0.0151. The second-order valence-electron chi connectivity index (χ2n) is 1.11.